The van der Waals surface area contributed by atoms with E-state index in [2.05, 4.69) is 15.2 Å². The maximum Gasteiger partial charge on any atom is 0.258 e. The molecule has 0 saturated heterocycles. The molecule has 1 aromatic carbocycles. The summed E-state index contributed by atoms with van der Waals surface area (Å²) in [5, 5.41) is 3.22. The summed E-state index contributed by atoms with van der Waals surface area (Å²) < 4.78 is 0. The number of carbonyl (C=O) groups excluding carboxylic acids is 1. The molecule has 0 aliphatic carbocycles. The molecular weight excluding hydrogens is 286 g/mol. The van der Waals surface area contributed by atoms with Gasteiger partial charge >= 0.3 is 0 Å². The quantitative estimate of drug-likeness (QED) is 0.942. The van der Waals surface area contributed by atoms with Crippen LogP contribution >= 0.6 is 11.6 Å². The molecule has 0 fully saturated rings. The van der Waals surface area contributed by atoms with Crippen LogP contribution in [0.4, 0.5) is 5.82 Å². The zero-order valence-electron chi connectivity index (χ0n) is 12.4. The highest BCUT2D eigenvalue weighted by Gasteiger charge is 2.11. The van der Waals surface area contributed by atoms with Crippen molar-refractivity contribution in [1.82, 2.24) is 9.88 Å². The van der Waals surface area contributed by atoms with Gasteiger partial charge in [-0.05, 0) is 56.4 Å². The second-order valence-electron chi connectivity index (χ2n) is 5.22. The van der Waals surface area contributed by atoms with Gasteiger partial charge in [0.15, 0.2) is 0 Å². The molecule has 0 unspecified atom stereocenters. The first kappa shape index (κ1) is 15.5. The van der Waals surface area contributed by atoms with E-state index in [-0.39, 0.29) is 5.91 Å². The van der Waals surface area contributed by atoms with Gasteiger partial charge in [0, 0.05) is 12.7 Å². The van der Waals surface area contributed by atoms with E-state index in [1.54, 1.807) is 18.3 Å². The zero-order chi connectivity index (χ0) is 15.4. The van der Waals surface area contributed by atoms with Crippen LogP contribution in [-0.4, -0.2) is 29.9 Å². The number of nitrogens with zero attached hydrogens (tertiary/aromatic N) is 2. The Hall–Kier alpha value is -1.91. The van der Waals surface area contributed by atoms with E-state index >= 15 is 0 Å². The van der Waals surface area contributed by atoms with Crippen LogP contribution < -0.4 is 5.32 Å². The van der Waals surface area contributed by atoms with Gasteiger partial charge in [-0.3, -0.25) is 4.79 Å². The van der Waals surface area contributed by atoms with E-state index in [0.717, 1.165) is 17.7 Å². The molecule has 1 amide bonds. The van der Waals surface area contributed by atoms with Crippen LogP contribution in [0.5, 0.6) is 0 Å². The van der Waals surface area contributed by atoms with E-state index in [4.69, 9.17) is 11.6 Å². The molecule has 0 radical (unpaired) electrons. The minimum atomic E-state index is -0.255. The average Bonchev–Trinajstić information content (AvgIpc) is 2.37. The van der Waals surface area contributed by atoms with Gasteiger partial charge in [0.2, 0.25) is 0 Å². The first-order chi connectivity index (χ1) is 9.95. The van der Waals surface area contributed by atoms with Crippen LogP contribution in [0.1, 0.15) is 21.5 Å². The summed E-state index contributed by atoms with van der Waals surface area (Å²) in [6.45, 7) is 2.72. The highest BCUT2D eigenvalue weighted by atomic mass is 35.5. The van der Waals surface area contributed by atoms with Crippen LogP contribution in [0.15, 0.2) is 36.5 Å². The van der Waals surface area contributed by atoms with E-state index in [1.165, 1.54) is 0 Å². The van der Waals surface area contributed by atoms with Crippen LogP contribution in [0.3, 0.4) is 0 Å². The fraction of sp³-hybridized carbons (Fsp3) is 0.250. The fourth-order valence-electron chi connectivity index (χ4n) is 1.99. The number of carbonyl (C=O) groups is 1. The number of rotatable bonds is 4. The van der Waals surface area contributed by atoms with Gasteiger partial charge in [-0.15, -0.1) is 0 Å². The number of anilines is 1. The molecule has 0 saturated carbocycles. The lowest BCUT2D eigenvalue weighted by molar-refractivity contribution is 0.102. The molecule has 2 rings (SSSR count). The molecule has 0 atom stereocenters. The number of nitrogens with one attached hydrogen (secondary N) is 1. The highest BCUT2D eigenvalue weighted by molar-refractivity contribution is 6.34. The zero-order valence-corrected chi connectivity index (χ0v) is 13.1. The fourth-order valence-corrected chi connectivity index (χ4v) is 2.32. The normalized spacial score (nSPS) is 10.7. The van der Waals surface area contributed by atoms with E-state index in [0.29, 0.717) is 16.4 Å². The molecule has 1 aromatic heterocycles. The van der Waals surface area contributed by atoms with E-state index < -0.39 is 0 Å². The minimum absolute atomic E-state index is 0.255. The van der Waals surface area contributed by atoms with Crippen molar-refractivity contribution in [2.45, 2.75) is 13.5 Å². The Balaban J connectivity index is 2.15. The standard InChI is InChI=1S/C16H18ClN3O/c1-11-4-5-13(14(17)8-11)16(21)19-15-9-12(6-7-18-15)10-20(2)3/h4-9H,10H2,1-3H3,(H,18,19,21). The summed E-state index contributed by atoms with van der Waals surface area (Å²) in [7, 11) is 3.98. The predicted octanol–water partition coefficient (Wildman–Crippen LogP) is 3.36. The summed E-state index contributed by atoms with van der Waals surface area (Å²) in [6, 6.07) is 9.13. The van der Waals surface area contributed by atoms with Gasteiger partial charge in [-0.25, -0.2) is 4.98 Å². The topological polar surface area (TPSA) is 45.2 Å². The molecule has 0 bridgehead atoms. The number of hydrogen-bond donors (Lipinski definition) is 1. The van der Waals surface area contributed by atoms with Crippen LogP contribution in [0.25, 0.3) is 0 Å². The average molecular weight is 304 g/mol. The molecule has 0 aliphatic rings. The first-order valence-electron chi connectivity index (χ1n) is 6.63. The Kier molecular flexibility index (Phi) is 4.94. The summed E-state index contributed by atoms with van der Waals surface area (Å²) in [6.07, 6.45) is 1.69. The minimum Gasteiger partial charge on any atom is -0.307 e. The monoisotopic (exact) mass is 303 g/mol. The number of pyridine rings is 1. The molecule has 110 valence electrons. The number of benzene rings is 1. The molecule has 21 heavy (non-hydrogen) atoms. The van der Waals surface area contributed by atoms with Gasteiger partial charge in [0.1, 0.15) is 5.82 Å². The van der Waals surface area contributed by atoms with Crippen molar-refractivity contribution in [2.75, 3.05) is 19.4 Å². The number of halogens is 1. The van der Waals surface area contributed by atoms with E-state index in [1.807, 2.05) is 39.2 Å². The smallest absolute Gasteiger partial charge is 0.258 e. The lowest BCUT2D eigenvalue weighted by Gasteiger charge is -2.11. The van der Waals surface area contributed by atoms with Gasteiger partial charge in [-0.2, -0.15) is 0 Å². The third kappa shape index (κ3) is 4.28. The Bertz CT molecular complexity index is 656. The maximum absolute atomic E-state index is 12.2. The van der Waals surface area contributed by atoms with Gasteiger partial charge in [0.05, 0.1) is 10.6 Å². The predicted molar refractivity (Wildman–Crippen MR) is 85.8 cm³/mol. The third-order valence-corrected chi connectivity index (χ3v) is 3.25. The summed E-state index contributed by atoms with van der Waals surface area (Å²) in [5.41, 5.74) is 2.55. The largest absolute Gasteiger partial charge is 0.307 e. The first-order valence-corrected chi connectivity index (χ1v) is 7.00. The number of amides is 1. The molecule has 0 spiro atoms. The van der Waals surface area contributed by atoms with Crippen molar-refractivity contribution in [3.8, 4) is 0 Å². The highest BCUT2D eigenvalue weighted by Crippen LogP contribution is 2.19. The number of hydrogen-bond acceptors (Lipinski definition) is 3. The van der Waals surface area contributed by atoms with Crippen LogP contribution in [0, 0.1) is 6.92 Å². The molecule has 5 heteroatoms. The van der Waals surface area contributed by atoms with Crippen LogP contribution in [0.2, 0.25) is 5.02 Å². The van der Waals surface area contributed by atoms with Crippen molar-refractivity contribution in [3.63, 3.8) is 0 Å². The number of aryl methyl sites for hydroxylation is 1. The summed E-state index contributed by atoms with van der Waals surface area (Å²) >= 11 is 6.10. The van der Waals surface area contributed by atoms with Crippen molar-refractivity contribution < 1.29 is 4.79 Å². The lowest BCUT2D eigenvalue weighted by Crippen LogP contribution is -2.15. The Labute approximate surface area is 129 Å². The van der Waals surface area contributed by atoms with E-state index in [9.17, 15) is 4.79 Å². The molecule has 2 aromatic rings. The van der Waals surface area contributed by atoms with Gasteiger partial charge in [0.25, 0.3) is 5.91 Å². The lowest BCUT2D eigenvalue weighted by atomic mass is 10.1. The number of aromatic nitrogens is 1. The Morgan fingerprint density at radius 3 is 2.71 bits per heavy atom. The molecule has 1 N–H and O–H groups in total. The second kappa shape index (κ2) is 6.70. The summed E-state index contributed by atoms with van der Waals surface area (Å²) in [4.78, 5) is 18.5. The molecule has 4 nitrogen and oxygen atoms in total. The van der Waals surface area contributed by atoms with Crippen molar-refractivity contribution in [2.24, 2.45) is 0 Å². The molecule has 1 heterocycles. The maximum atomic E-state index is 12.2. The van der Waals surface area contributed by atoms with Crippen molar-refractivity contribution in [3.05, 3.63) is 58.2 Å². The molecular formula is C16H18ClN3O. The van der Waals surface area contributed by atoms with Crippen LogP contribution in [-0.2, 0) is 6.54 Å². The second-order valence-corrected chi connectivity index (χ2v) is 5.63. The van der Waals surface area contributed by atoms with Gasteiger partial charge < -0.3 is 10.2 Å². The van der Waals surface area contributed by atoms with Crippen molar-refractivity contribution in [1.29, 1.82) is 0 Å². The SMILES string of the molecule is Cc1ccc(C(=O)Nc2cc(CN(C)C)ccn2)c(Cl)c1. The third-order valence-electron chi connectivity index (χ3n) is 2.93. The molecule has 0 aliphatic heterocycles. The van der Waals surface area contributed by atoms with Gasteiger partial charge in [-0.1, -0.05) is 17.7 Å². The Morgan fingerprint density at radius 2 is 2.05 bits per heavy atom. The summed E-state index contributed by atoms with van der Waals surface area (Å²) in [5.74, 6) is 0.269. The van der Waals surface area contributed by atoms with Crippen molar-refractivity contribution >= 4 is 23.3 Å². The Morgan fingerprint density at radius 1 is 1.29 bits per heavy atom.